The van der Waals surface area contributed by atoms with Crippen LogP contribution in [-0.4, -0.2) is 32.2 Å². The van der Waals surface area contributed by atoms with Gasteiger partial charge in [-0.2, -0.15) is 8.78 Å². The van der Waals surface area contributed by atoms with Crippen molar-refractivity contribution in [2.75, 3.05) is 20.3 Å². The van der Waals surface area contributed by atoms with E-state index in [0.29, 0.717) is 20.0 Å². The molecule has 12 heavy (non-hydrogen) atoms. The van der Waals surface area contributed by atoms with Gasteiger partial charge in [0.05, 0.1) is 6.61 Å². The summed E-state index contributed by atoms with van der Waals surface area (Å²) in [6.45, 7) is 0.865. The molecule has 0 bridgehead atoms. The summed E-state index contributed by atoms with van der Waals surface area (Å²) in [6.07, 6.45) is 0.429. The Hall–Kier alpha value is -0.710. The first-order valence-electron chi connectivity index (χ1n) is 3.52. The van der Waals surface area contributed by atoms with Crippen LogP contribution in [0, 0.1) is 0 Å². The average molecular weight is 182 g/mol. The van der Waals surface area contributed by atoms with Gasteiger partial charge in [0, 0.05) is 27.1 Å². The molecule has 0 saturated heterocycles. The van der Waals surface area contributed by atoms with E-state index in [-0.39, 0.29) is 6.61 Å². The highest BCUT2D eigenvalue weighted by molar-refractivity contribution is 5.76. The number of rotatable bonds is 5. The van der Waals surface area contributed by atoms with E-state index >= 15 is 0 Å². The number of carbonyl (C=O) groups excluding carboxylic acids is 1. The number of alkyl halides is 2. The summed E-state index contributed by atoms with van der Waals surface area (Å²) in [4.78, 5) is 10.4. The second kappa shape index (κ2) is 5.03. The van der Waals surface area contributed by atoms with Crippen molar-refractivity contribution in [1.82, 2.24) is 0 Å². The average Bonchev–Trinajstić information content (AvgIpc) is 1.96. The van der Waals surface area contributed by atoms with Gasteiger partial charge in [0.1, 0.15) is 0 Å². The summed E-state index contributed by atoms with van der Waals surface area (Å²) in [6, 6.07) is 0. The first kappa shape index (κ1) is 11.3. The molecule has 0 atom stereocenters. The second-order valence-corrected chi connectivity index (χ2v) is 2.37. The Labute approximate surface area is 69.6 Å². The molecule has 0 spiro atoms. The highest BCUT2D eigenvalue weighted by Crippen LogP contribution is 2.13. The number of methoxy groups -OCH3 is 1. The molecule has 0 unspecified atom stereocenters. The zero-order chi connectivity index (χ0) is 9.61. The minimum atomic E-state index is -3.40. The predicted molar refractivity (Wildman–Crippen MR) is 38.1 cm³/mol. The molecular formula is C7H12F2O3. The van der Waals surface area contributed by atoms with E-state index in [1.54, 1.807) is 0 Å². The van der Waals surface area contributed by atoms with Crippen molar-refractivity contribution < 1.29 is 23.0 Å². The molecule has 72 valence electrons. The Balaban J connectivity index is 3.45. The Bertz CT molecular complexity index is 142. The first-order chi connectivity index (χ1) is 5.48. The van der Waals surface area contributed by atoms with E-state index in [2.05, 4.69) is 9.47 Å². The van der Waals surface area contributed by atoms with Crippen LogP contribution in [0.2, 0.25) is 0 Å². The number of hydrogen-bond acceptors (Lipinski definition) is 3. The SMILES string of the molecule is COCCCOC(=O)C(C)(F)F. The maximum Gasteiger partial charge on any atom is 0.376 e. The number of halogens is 2. The van der Waals surface area contributed by atoms with Gasteiger partial charge >= 0.3 is 11.9 Å². The minimum absolute atomic E-state index is 0.0316. The third-order valence-electron chi connectivity index (χ3n) is 1.08. The Morgan fingerprint density at radius 2 is 2.00 bits per heavy atom. The van der Waals surface area contributed by atoms with E-state index in [4.69, 9.17) is 0 Å². The van der Waals surface area contributed by atoms with Crippen molar-refractivity contribution in [1.29, 1.82) is 0 Å². The molecule has 0 aliphatic heterocycles. The van der Waals surface area contributed by atoms with Crippen LogP contribution in [-0.2, 0) is 14.3 Å². The van der Waals surface area contributed by atoms with Gasteiger partial charge in [-0.25, -0.2) is 4.79 Å². The van der Waals surface area contributed by atoms with Gasteiger partial charge in [-0.3, -0.25) is 0 Å². The molecule has 0 amide bonds. The lowest BCUT2D eigenvalue weighted by Gasteiger charge is -2.09. The van der Waals surface area contributed by atoms with Crippen LogP contribution in [0.4, 0.5) is 8.78 Å². The third kappa shape index (κ3) is 5.01. The molecule has 0 N–H and O–H groups in total. The molecular weight excluding hydrogens is 170 g/mol. The Morgan fingerprint density at radius 1 is 1.42 bits per heavy atom. The zero-order valence-corrected chi connectivity index (χ0v) is 7.10. The van der Waals surface area contributed by atoms with Crippen LogP contribution in [0.15, 0.2) is 0 Å². The zero-order valence-electron chi connectivity index (χ0n) is 7.10. The smallest absolute Gasteiger partial charge is 0.376 e. The molecule has 0 aliphatic carbocycles. The summed E-state index contributed by atoms with van der Waals surface area (Å²) >= 11 is 0. The topological polar surface area (TPSA) is 35.5 Å². The van der Waals surface area contributed by atoms with Crippen molar-refractivity contribution in [2.45, 2.75) is 19.3 Å². The van der Waals surface area contributed by atoms with Crippen molar-refractivity contribution in [3.8, 4) is 0 Å². The summed E-state index contributed by atoms with van der Waals surface area (Å²) < 4.78 is 33.1. The first-order valence-corrected chi connectivity index (χ1v) is 3.52. The molecule has 5 heteroatoms. The minimum Gasteiger partial charge on any atom is -0.461 e. The van der Waals surface area contributed by atoms with Crippen molar-refractivity contribution in [3.63, 3.8) is 0 Å². The predicted octanol–water partition coefficient (Wildman–Crippen LogP) is 1.22. The molecule has 0 aromatic rings. The van der Waals surface area contributed by atoms with Crippen molar-refractivity contribution >= 4 is 5.97 Å². The number of ether oxygens (including phenoxy) is 2. The van der Waals surface area contributed by atoms with Crippen LogP contribution in [0.3, 0.4) is 0 Å². The lowest BCUT2D eigenvalue weighted by molar-refractivity contribution is -0.169. The fourth-order valence-corrected chi connectivity index (χ4v) is 0.495. The molecule has 0 aromatic carbocycles. The maximum atomic E-state index is 12.1. The second-order valence-electron chi connectivity index (χ2n) is 2.37. The highest BCUT2D eigenvalue weighted by atomic mass is 19.3. The van der Waals surface area contributed by atoms with Gasteiger partial charge < -0.3 is 9.47 Å². The third-order valence-corrected chi connectivity index (χ3v) is 1.08. The molecule has 0 heterocycles. The lowest BCUT2D eigenvalue weighted by Crippen LogP contribution is -2.27. The molecule has 3 nitrogen and oxygen atoms in total. The van der Waals surface area contributed by atoms with E-state index in [1.165, 1.54) is 7.11 Å². The summed E-state index contributed by atoms with van der Waals surface area (Å²) in [5.41, 5.74) is 0. The van der Waals surface area contributed by atoms with Crippen molar-refractivity contribution in [3.05, 3.63) is 0 Å². The van der Waals surface area contributed by atoms with E-state index < -0.39 is 11.9 Å². The van der Waals surface area contributed by atoms with Gasteiger partial charge in [-0.15, -0.1) is 0 Å². The van der Waals surface area contributed by atoms with Crippen LogP contribution >= 0.6 is 0 Å². The number of carbonyl (C=O) groups is 1. The Morgan fingerprint density at radius 3 is 2.42 bits per heavy atom. The van der Waals surface area contributed by atoms with Gasteiger partial charge in [0.2, 0.25) is 0 Å². The van der Waals surface area contributed by atoms with Crippen LogP contribution < -0.4 is 0 Å². The molecule has 0 rings (SSSR count). The Kier molecular flexibility index (Phi) is 4.73. The van der Waals surface area contributed by atoms with E-state index in [0.717, 1.165) is 0 Å². The van der Waals surface area contributed by atoms with Gasteiger partial charge in [0.25, 0.3) is 0 Å². The molecule has 0 fully saturated rings. The number of hydrogen-bond donors (Lipinski definition) is 0. The largest absolute Gasteiger partial charge is 0.461 e. The fraction of sp³-hybridized carbons (Fsp3) is 0.857. The van der Waals surface area contributed by atoms with Crippen LogP contribution in [0.1, 0.15) is 13.3 Å². The fourth-order valence-electron chi connectivity index (χ4n) is 0.495. The van der Waals surface area contributed by atoms with Gasteiger partial charge in [-0.1, -0.05) is 0 Å². The van der Waals surface area contributed by atoms with Gasteiger partial charge in [-0.05, 0) is 0 Å². The molecule has 0 aromatic heterocycles. The summed E-state index contributed by atoms with van der Waals surface area (Å²) in [7, 11) is 1.48. The molecule has 0 saturated carbocycles. The molecule has 0 radical (unpaired) electrons. The lowest BCUT2D eigenvalue weighted by atomic mass is 10.4. The standard InChI is InChI=1S/C7H12F2O3/c1-7(8,9)6(10)12-5-3-4-11-2/h3-5H2,1-2H3. The highest BCUT2D eigenvalue weighted by Gasteiger charge is 2.33. The quantitative estimate of drug-likeness (QED) is 0.473. The normalized spacial score (nSPS) is 11.3. The summed E-state index contributed by atoms with van der Waals surface area (Å²) in [5, 5.41) is 0. The van der Waals surface area contributed by atoms with E-state index in [9.17, 15) is 13.6 Å². The van der Waals surface area contributed by atoms with Gasteiger partial charge in [0.15, 0.2) is 0 Å². The van der Waals surface area contributed by atoms with Crippen LogP contribution in [0.5, 0.6) is 0 Å². The van der Waals surface area contributed by atoms with Crippen molar-refractivity contribution in [2.24, 2.45) is 0 Å². The monoisotopic (exact) mass is 182 g/mol. The van der Waals surface area contributed by atoms with Crippen LogP contribution in [0.25, 0.3) is 0 Å². The van der Waals surface area contributed by atoms with E-state index in [1.807, 2.05) is 0 Å². The maximum absolute atomic E-state index is 12.1. The summed E-state index contributed by atoms with van der Waals surface area (Å²) in [5.74, 6) is -4.88. The molecule has 0 aliphatic rings. The number of esters is 1.